The lowest BCUT2D eigenvalue weighted by molar-refractivity contribution is 0.393. The Balaban J connectivity index is 1.89. The zero-order valence-electron chi connectivity index (χ0n) is 10.1. The Kier molecular flexibility index (Phi) is 2.59. The van der Waals surface area contributed by atoms with Crippen LogP contribution >= 0.6 is 0 Å². The first-order valence-electron chi connectivity index (χ1n) is 6.66. The first-order chi connectivity index (χ1) is 7.86. The maximum absolute atomic E-state index is 2.47. The second-order valence-electron chi connectivity index (χ2n) is 5.33. The second kappa shape index (κ2) is 4.08. The molecule has 1 aromatic carbocycles. The summed E-state index contributed by atoms with van der Waals surface area (Å²) < 4.78 is 0. The summed E-state index contributed by atoms with van der Waals surface area (Å²) in [6.45, 7) is 2.38. The van der Waals surface area contributed by atoms with Gasteiger partial charge in [0, 0.05) is 5.92 Å². The van der Waals surface area contributed by atoms with Crippen LogP contribution in [0.4, 0.5) is 0 Å². The highest BCUT2D eigenvalue weighted by molar-refractivity contribution is 5.66. The van der Waals surface area contributed by atoms with Crippen LogP contribution in [0.5, 0.6) is 0 Å². The summed E-state index contributed by atoms with van der Waals surface area (Å²) in [5, 5.41) is 0. The van der Waals surface area contributed by atoms with Gasteiger partial charge in [0.05, 0.1) is 0 Å². The Bertz CT molecular complexity index is 408. The largest absolute Gasteiger partial charge is 0.0619 e. The second-order valence-corrected chi connectivity index (χ2v) is 5.33. The predicted octanol–water partition coefficient (Wildman–Crippen LogP) is 4.77. The molecule has 0 nitrogen and oxygen atoms in total. The van der Waals surface area contributed by atoms with Crippen LogP contribution in [0.2, 0.25) is 0 Å². The van der Waals surface area contributed by atoms with Gasteiger partial charge in [-0.15, -0.1) is 0 Å². The average molecular weight is 212 g/mol. The van der Waals surface area contributed by atoms with Crippen molar-refractivity contribution in [1.82, 2.24) is 0 Å². The zero-order valence-corrected chi connectivity index (χ0v) is 10.1. The van der Waals surface area contributed by atoms with Crippen molar-refractivity contribution in [1.29, 1.82) is 0 Å². The zero-order chi connectivity index (χ0) is 11.0. The smallest absolute Gasteiger partial charge is 0.00318 e. The van der Waals surface area contributed by atoms with Gasteiger partial charge in [-0.25, -0.2) is 0 Å². The molecular weight excluding hydrogens is 192 g/mol. The molecule has 84 valence electrons. The maximum atomic E-state index is 2.47. The van der Waals surface area contributed by atoms with Crippen LogP contribution in [-0.4, -0.2) is 0 Å². The number of fused-ring (bicyclic) bond motifs is 1. The molecular formula is C16H20. The van der Waals surface area contributed by atoms with E-state index >= 15 is 0 Å². The molecule has 0 aromatic heterocycles. The fourth-order valence-corrected chi connectivity index (χ4v) is 3.43. The Morgan fingerprint density at radius 3 is 2.50 bits per heavy atom. The van der Waals surface area contributed by atoms with Crippen molar-refractivity contribution in [2.24, 2.45) is 5.92 Å². The molecule has 0 heteroatoms. The minimum atomic E-state index is 0.666. The standard InChI is InChI=1S/C16H20/c1-12-15-10-6-5-9-14(15)11-16(12)13-7-3-2-4-8-13/h5-6,9-13H,2-4,7-8H2,1H3/t12-/m0/s1. The molecule has 0 aliphatic heterocycles. The third-order valence-corrected chi connectivity index (χ3v) is 4.36. The highest BCUT2D eigenvalue weighted by Crippen LogP contribution is 2.43. The molecule has 1 aromatic rings. The van der Waals surface area contributed by atoms with Crippen molar-refractivity contribution in [3.8, 4) is 0 Å². The molecule has 1 fully saturated rings. The van der Waals surface area contributed by atoms with E-state index in [9.17, 15) is 0 Å². The van der Waals surface area contributed by atoms with Crippen LogP contribution in [0.1, 0.15) is 56.1 Å². The van der Waals surface area contributed by atoms with Gasteiger partial charge < -0.3 is 0 Å². The highest BCUT2D eigenvalue weighted by Gasteiger charge is 2.27. The normalized spacial score (nSPS) is 25.3. The van der Waals surface area contributed by atoms with E-state index in [-0.39, 0.29) is 0 Å². The lowest BCUT2D eigenvalue weighted by Crippen LogP contribution is -2.11. The number of benzene rings is 1. The van der Waals surface area contributed by atoms with Gasteiger partial charge in [-0.2, -0.15) is 0 Å². The number of allylic oxidation sites excluding steroid dienone is 1. The third kappa shape index (κ3) is 1.61. The van der Waals surface area contributed by atoms with Crippen molar-refractivity contribution >= 4 is 6.08 Å². The van der Waals surface area contributed by atoms with Gasteiger partial charge in [0.1, 0.15) is 0 Å². The molecule has 2 aliphatic carbocycles. The Morgan fingerprint density at radius 1 is 1.00 bits per heavy atom. The molecule has 0 amide bonds. The van der Waals surface area contributed by atoms with Gasteiger partial charge in [0.2, 0.25) is 0 Å². The molecule has 0 unspecified atom stereocenters. The molecule has 0 radical (unpaired) electrons. The van der Waals surface area contributed by atoms with Gasteiger partial charge in [-0.05, 0) is 29.9 Å². The topological polar surface area (TPSA) is 0 Å². The number of hydrogen-bond donors (Lipinski definition) is 0. The van der Waals surface area contributed by atoms with Crippen molar-refractivity contribution in [3.05, 3.63) is 41.0 Å². The molecule has 0 heterocycles. The molecule has 16 heavy (non-hydrogen) atoms. The van der Waals surface area contributed by atoms with Crippen molar-refractivity contribution in [2.75, 3.05) is 0 Å². The van der Waals surface area contributed by atoms with E-state index in [4.69, 9.17) is 0 Å². The van der Waals surface area contributed by atoms with Gasteiger partial charge >= 0.3 is 0 Å². The predicted molar refractivity (Wildman–Crippen MR) is 69.4 cm³/mol. The first-order valence-corrected chi connectivity index (χ1v) is 6.66. The Labute approximate surface area is 98.4 Å². The van der Waals surface area contributed by atoms with Crippen LogP contribution < -0.4 is 0 Å². The summed E-state index contributed by atoms with van der Waals surface area (Å²) in [5.74, 6) is 1.54. The molecule has 3 rings (SSSR count). The third-order valence-electron chi connectivity index (χ3n) is 4.36. The molecule has 1 saturated carbocycles. The maximum Gasteiger partial charge on any atom is 0.00318 e. The number of hydrogen-bond acceptors (Lipinski definition) is 0. The highest BCUT2D eigenvalue weighted by atomic mass is 14.3. The summed E-state index contributed by atoms with van der Waals surface area (Å²) >= 11 is 0. The van der Waals surface area contributed by atoms with Gasteiger partial charge in [-0.3, -0.25) is 0 Å². The molecule has 0 spiro atoms. The lowest BCUT2D eigenvalue weighted by atomic mass is 9.79. The summed E-state index contributed by atoms with van der Waals surface area (Å²) in [6, 6.07) is 8.90. The fraction of sp³-hybridized carbons (Fsp3) is 0.500. The molecule has 0 N–H and O–H groups in total. The van der Waals surface area contributed by atoms with E-state index in [2.05, 4.69) is 37.3 Å². The van der Waals surface area contributed by atoms with E-state index < -0.39 is 0 Å². The van der Waals surface area contributed by atoms with Gasteiger partial charge in [-0.1, -0.05) is 62.1 Å². The van der Waals surface area contributed by atoms with Crippen LogP contribution in [0.3, 0.4) is 0 Å². The van der Waals surface area contributed by atoms with E-state index in [1.165, 1.54) is 37.7 Å². The fourth-order valence-electron chi connectivity index (χ4n) is 3.43. The van der Waals surface area contributed by atoms with E-state index in [0.717, 1.165) is 5.92 Å². The monoisotopic (exact) mass is 212 g/mol. The van der Waals surface area contributed by atoms with Crippen molar-refractivity contribution in [3.63, 3.8) is 0 Å². The van der Waals surface area contributed by atoms with E-state index in [1.807, 2.05) is 0 Å². The molecule has 0 saturated heterocycles. The molecule has 0 bridgehead atoms. The van der Waals surface area contributed by atoms with Crippen LogP contribution in [0, 0.1) is 5.92 Å². The van der Waals surface area contributed by atoms with Gasteiger partial charge in [0.25, 0.3) is 0 Å². The number of rotatable bonds is 1. The van der Waals surface area contributed by atoms with Crippen LogP contribution in [0.25, 0.3) is 6.08 Å². The quantitative estimate of drug-likeness (QED) is 0.629. The molecule has 1 atom stereocenters. The van der Waals surface area contributed by atoms with Crippen LogP contribution in [0.15, 0.2) is 29.8 Å². The van der Waals surface area contributed by atoms with Crippen molar-refractivity contribution in [2.45, 2.75) is 44.9 Å². The summed E-state index contributed by atoms with van der Waals surface area (Å²) in [6.07, 6.45) is 9.63. The lowest BCUT2D eigenvalue weighted by Gasteiger charge is -2.26. The summed E-state index contributed by atoms with van der Waals surface area (Å²) in [7, 11) is 0. The van der Waals surface area contributed by atoms with E-state index in [0.29, 0.717) is 5.92 Å². The Hall–Kier alpha value is -1.04. The first kappa shape index (κ1) is 10.1. The minimum Gasteiger partial charge on any atom is -0.0619 e. The van der Waals surface area contributed by atoms with E-state index in [1.54, 1.807) is 11.1 Å². The average Bonchev–Trinajstić information content (AvgIpc) is 2.69. The summed E-state index contributed by atoms with van der Waals surface area (Å²) in [4.78, 5) is 0. The SMILES string of the molecule is C[C@@H]1C(C2CCCCC2)=Cc2ccccc21. The minimum absolute atomic E-state index is 0.666. The van der Waals surface area contributed by atoms with Crippen molar-refractivity contribution < 1.29 is 0 Å². The summed E-state index contributed by atoms with van der Waals surface area (Å²) in [5.41, 5.74) is 4.72. The Morgan fingerprint density at radius 2 is 1.75 bits per heavy atom. The molecule has 2 aliphatic rings. The van der Waals surface area contributed by atoms with Crippen LogP contribution in [-0.2, 0) is 0 Å². The van der Waals surface area contributed by atoms with Gasteiger partial charge in [0.15, 0.2) is 0 Å².